The van der Waals surface area contributed by atoms with E-state index in [1.807, 2.05) is 11.9 Å². The molecule has 4 rings (SSSR count). The molecule has 2 fully saturated rings. The predicted octanol–water partition coefficient (Wildman–Crippen LogP) is -0.00830. The van der Waals surface area contributed by atoms with Gasteiger partial charge >= 0.3 is 6.09 Å². The highest BCUT2D eigenvalue weighted by Crippen LogP contribution is 2.59. The van der Waals surface area contributed by atoms with E-state index in [9.17, 15) is 19.2 Å². The lowest BCUT2D eigenvalue weighted by Crippen LogP contribution is -2.55. The first-order valence-electron chi connectivity index (χ1n) is 10.5. The van der Waals surface area contributed by atoms with Gasteiger partial charge in [-0.2, -0.15) is 0 Å². The van der Waals surface area contributed by atoms with Crippen molar-refractivity contribution < 1.29 is 28.7 Å². The van der Waals surface area contributed by atoms with Gasteiger partial charge in [0, 0.05) is 50.1 Å². The molecule has 0 radical (unpaired) electrons. The zero-order chi connectivity index (χ0) is 23.4. The second-order valence-electron chi connectivity index (χ2n) is 8.47. The summed E-state index contributed by atoms with van der Waals surface area (Å²) in [5.41, 5.74) is 5.49. The minimum Gasteiger partial charge on any atom is -0.449 e. The van der Waals surface area contributed by atoms with Crippen LogP contribution in [0, 0.1) is 5.92 Å². The van der Waals surface area contributed by atoms with Gasteiger partial charge in [-0.25, -0.2) is 4.79 Å². The van der Waals surface area contributed by atoms with Crippen LogP contribution in [0.5, 0.6) is 0 Å². The van der Waals surface area contributed by atoms with Crippen molar-refractivity contribution in [3.8, 4) is 0 Å². The van der Waals surface area contributed by atoms with Crippen LogP contribution >= 0.6 is 11.8 Å². The van der Waals surface area contributed by atoms with E-state index in [4.69, 9.17) is 15.2 Å². The highest BCUT2D eigenvalue weighted by atomic mass is 32.2. The van der Waals surface area contributed by atoms with Crippen molar-refractivity contribution in [2.45, 2.75) is 38.1 Å². The number of methoxy groups -OCH3 is 1. The van der Waals surface area contributed by atoms with Crippen molar-refractivity contribution >= 4 is 34.5 Å². The number of Topliss-reactive ketones (excluding diaryl/α,β-unsaturated/α-hetero) is 2. The number of ketones is 2. The van der Waals surface area contributed by atoms with E-state index >= 15 is 0 Å². The zero-order valence-electron chi connectivity index (χ0n) is 18.6. The van der Waals surface area contributed by atoms with Gasteiger partial charge in [0.15, 0.2) is 10.8 Å². The maximum absolute atomic E-state index is 13.6. The first-order chi connectivity index (χ1) is 15.2. The molecule has 11 heteroatoms. The average molecular weight is 465 g/mol. The molecule has 3 N–H and O–H groups in total. The van der Waals surface area contributed by atoms with E-state index < -0.39 is 17.7 Å². The fraction of sp³-hybridized carbons (Fsp3) is 0.619. The normalized spacial score (nSPS) is 32.7. The van der Waals surface area contributed by atoms with Gasteiger partial charge in [-0.15, -0.1) is 0 Å². The van der Waals surface area contributed by atoms with Crippen molar-refractivity contribution in [3.63, 3.8) is 0 Å². The van der Waals surface area contributed by atoms with Crippen LogP contribution in [0.2, 0.25) is 0 Å². The Morgan fingerprint density at radius 1 is 1.31 bits per heavy atom. The van der Waals surface area contributed by atoms with E-state index in [0.717, 1.165) is 0 Å². The molecule has 0 saturated carbocycles. The zero-order valence-corrected chi connectivity index (χ0v) is 19.4. The third-order valence-electron chi connectivity index (χ3n) is 6.87. The molecule has 0 spiro atoms. The van der Waals surface area contributed by atoms with Gasteiger partial charge in [0.2, 0.25) is 11.6 Å². The number of amides is 1. The van der Waals surface area contributed by atoms with Crippen molar-refractivity contribution in [2.75, 3.05) is 39.6 Å². The molecule has 0 aromatic carbocycles. The number of ether oxygens (including phenoxy) is 2. The van der Waals surface area contributed by atoms with Crippen LogP contribution in [0.4, 0.5) is 4.79 Å². The number of hydrogen-bond acceptors (Lipinski definition) is 10. The highest BCUT2D eigenvalue weighted by Gasteiger charge is 2.75. The van der Waals surface area contributed by atoms with Crippen LogP contribution in [0.25, 0.3) is 0 Å². The van der Waals surface area contributed by atoms with Crippen molar-refractivity contribution in [1.82, 2.24) is 15.1 Å². The maximum atomic E-state index is 13.6. The predicted molar refractivity (Wildman–Crippen MR) is 116 cm³/mol. The lowest BCUT2D eigenvalue weighted by molar-refractivity contribution is -0.144. The summed E-state index contributed by atoms with van der Waals surface area (Å²) in [5, 5.41) is 3.14. The standard InChI is InChI=1S/C21H28N4O6S/c1-10-15(23-6-5-7-32-11(2)26)18(28)14-12(9-31-20(22)29)21(30-4)19-13(24(19)3)8-25(21)16(14)17(10)27/h12-13,19,23H,5-9H2,1-4H3,(H2,22,29)/t12-,13+,19+,21-,24?/m1/s1. The number of likely N-dealkylation sites (N-methyl/N-ethyl adjacent to an activating group) is 1. The van der Waals surface area contributed by atoms with Crippen molar-refractivity contribution in [1.29, 1.82) is 0 Å². The largest absolute Gasteiger partial charge is 0.449 e. The Bertz CT molecular complexity index is 962. The van der Waals surface area contributed by atoms with Gasteiger partial charge in [-0.05, 0) is 20.4 Å². The number of primary amides is 1. The maximum Gasteiger partial charge on any atom is 0.404 e. The van der Waals surface area contributed by atoms with Crippen LogP contribution in [0.1, 0.15) is 20.3 Å². The monoisotopic (exact) mass is 464 g/mol. The number of rotatable bonds is 8. The Balaban J connectivity index is 1.63. The third-order valence-corrected chi connectivity index (χ3v) is 7.77. The number of nitrogens with one attached hydrogen (secondary N) is 1. The average Bonchev–Trinajstić information content (AvgIpc) is 3.12. The lowest BCUT2D eigenvalue weighted by atomic mass is 9.82. The lowest BCUT2D eigenvalue weighted by Gasteiger charge is -2.40. The topological polar surface area (TPSA) is 131 Å². The molecular weight excluding hydrogens is 436 g/mol. The Hall–Kier alpha value is -2.37. The fourth-order valence-electron chi connectivity index (χ4n) is 5.43. The Morgan fingerprint density at radius 2 is 2.03 bits per heavy atom. The number of allylic oxidation sites excluding steroid dienone is 2. The minimum atomic E-state index is -0.974. The highest BCUT2D eigenvalue weighted by molar-refractivity contribution is 8.13. The number of piperazine rings is 1. The number of thioether (sulfide) groups is 1. The van der Waals surface area contributed by atoms with Crippen LogP contribution in [0.15, 0.2) is 22.5 Å². The van der Waals surface area contributed by atoms with Gasteiger partial charge in [0.1, 0.15) is 6.61 Å². The summed E-state index contributed by atoms with van der Waals surface area (Å²) < 4.78 is 11.2. The smallest absolute Gasteiger partial charge is 0.404 e. The number of hydrogen-bond donors (Lipinski definition) is 2. The molecule has 4 aliphatic rings. The van der Waals surface area contributed by atoms with Gasteiger partial charge in [-0.1, -0.05) is 11.8 Å². The number of carbonyl (C=O) groups excluding carboxylic acids is 4. The first kappa shape index (κ1) is 22.8. The molecular formula is C21H28N4O6S. The minimum absolute atomic E-state index is 0.0273. The molecule has 2 saturated heterocycles. The summed E-state index contributed by atoms with van der Waals surface area (Å²) >= 11 is 1.22. The number of nitrogens with zero attached hydrogens (tertiary/aromatic N) is 2. The second-order valence-corrected chi connectivity index (χ2v) is 9.74. The van der Waals surface area contributed by atoms with Crippen LogP contribution in [-0.2, 0) is 23.9 Å². The molecule has 0 aromatic rings. The molecule has 3 aliphatic heterocycles. The summed E-state index contributed by atoms with van der Waals surface area (Å²) in [4.78, 5) is 53.6. The second kappa shape index (κ2) is 8.20. The van der Waals surface area contributed by atoms with E-state index in [1.54, 1.807) is 14.0 Å². The van der Waals surface area contributed by atoms with E-state index in [-0.39, 0.29) is 41.1 Å². The molecule has 0 aromatic heterocycles. The van der Waals surface area contributed by atoms with Crippen LogP contribution < -0.4 is 11.1 Å². The van der Waals surface area contributed by atoms with Crippen molar-refractivity contribution in [2.24, 2.45) is 11.7 Å². The Labute approximate surface area is 190 Å². The Morgan fingerprint density at radius 3 is 2.66 bits per heavy atom. The van der Waals surface area contributed by atoms with E-state index in [1.165, 1.54) is 18.7 Å². The van der Waals surface area contributed by atoms with Gasteiger partial charge in [-0.3, -0.25) is 19.3 Å². The molecule has 10 nitrogen and oxygen atoms in total. The molecule has 0 bridgehead atoms. The fourth-order valence-corrected chi connectivity index (χ4v) is 6.00. The molecule has 1 aliphatic carbocycles. The molecule has 1 unspecified atom stereocenters. The first-order valence-corrected chi connectivity index (χ1v) is 11.5. The number of nitrogens with two attached hydrogens (primary N) is 1. The van der Waals surface area contributed by atoms with Crippen LogP contribution in [-0.4, -0.2) is 90.0 Å². The summed E-state index contributed by atoms with van der Waals surface area (Å²) in [6.07, 6.45) is -0.288. The summed E-state index contributed by atoms with van der Waals surface area (Å²) in [7, 11) is 3.52. The van der Waals surface area contributed by atoms with Crippen molar-refractivity contribution in [3.05, 3.63) is 22.5 Å². The number of carbonyl (C=O) groups is 4. The molecule has 174 valence electrons. The van der Waals surface area contributed by atoms with Crippen LogP contribution in [0.3, 0.4) is 0 Å². The van der Waals surface area contributed by atoms with E-state index in [0.29, 0.717) is 42.1 Å². The molecule has 3 heterocycles. The van der Waals surface area contributed by atoms with Gasteiger partial charge in [0.05, 0.1) is 23.4 Å². The summed E-state index contributed by atoms with van der Waals surface area (Å²) in [6, 6.07) is 0.172. The van der Waals surface area contributed by atoms with Gasteiger partial charge in [0.25, 0.3) is 0 Å². The summed E-state index contributed by atoms with van der Waals surface area (Å²) in [5.74, 6) is -0.549. The Kier molecular flexibility index (Phi) is 5.84. The SMILES string of the molecule is CO[C@@]12[C@H](COC(N)=O)C3=C(C(=O)C(C)=C(NCCCSC(C)=O)C3=O)N1C[C@H]1[C@@H]2N1C. The molecule has 5 atom stereocenters. The quantitative estimate of drug-likeness (QED) is 0.287. The molecule has 1 amide bonds. The van der Waals surface area contributed by atoms with E-state index in [2.05, 4.69) is 10.2 Å². The number of fused-ring (bicyclic) bond motifs is 4. The summed E-state index contributed by atoms with van der Waals surface area (Å²) in [6.45, 7) is 4.00. The molecule has 32 heavy (non-hydrogen) atoms. The third kappa shape index (κ3) is 3.25. The van der Waals surface area contributed by atoms with Gasteiger partial charge < -0.3 is 25.4 Å².